The van der Waals surface area contributed by atoms with Crippen molar-refractivity contribution in [2.24, 2.45) is 0 Å². The van der Waals surface area contributed by atoms with E-state index in [1.807, 2.05) is 27.8 Å². The van der Waals surface area contributed by atoms with Gasteiger partial charge in [0.15, 0.2) is 0 Å². The summed E-state index contributed by atoms with van der Waals surface area (Å²) < 4.78 is 5.32. The Hall–Kier alpha value is -2.12. The highest BCUT2D eigenvalue weighted by molar-refractivity contribution is 5.83. The Morgan fingerprint density at radius 3 is 2.19 bits per heavy atom. The third-order valence-electron chi connectivity index (χ3n) is 5.91. The maximum atomic E-state index is 13.1. The molecular weight excluding hydrogens is 344 g/mol. The molecule has 0 spiro atoms. The second kappa shape index (κ2) is 7.86. The first-order chi connectivity index (χ1) is 13.1. The van der Waals surface area contributed by atoms with E-state index >= 15 is 0 Å². The summed E-state index contributed by atoms with van der Waals surface area (Å²) in [5.41, 5.74) is 2.58. The minimum atomic E-state index is -0.110. The zero-order chi connectivity index (χ0) is 18.8. The number of carbonyl (C=O) groups excluding carboxylic acids is 2. The minimum Gasteiger partial charge on any atom is -0.378 e. The zero-order valence-electron chi connectivity index (χ0n) is 16.0. The summed E-state index contributed by atoms with van der Waals surface area (Å²) in [5.74, 6) is 0.186. The fourth-order valence-electron chi connectivity index (χ4n) is 4.21. The van der Waals surface area contributed by atoms with E-state index in [0.29, 0.717) is 52.5 Å². The van der Waals surface area contributed by atoms with Crippen LogP contribution in [0.4, 0.5) is 4.79 Å². The number of hydrogen-bond donors (Lipinski definition) is 0. The number of morpholine rings is 1. The van der Waals surface area contributed by atoms with E-state index in [2.05, 4.69) is 23.1 Å². The molecule has 0 aliphatic carbocycles. The number of carbonyl (C=O) groups is 2. The molecule has 0 aromatic heterocycles. The number of amides is 3. The number of likely N-dealkylation sites (N-methyl/N-ethyl adjacent to an activating group) is 1. The standard InChI is InChI=1S/C20H28N4O3/c1-21-15-17-5-3-2-4-16(17)14-18(21)19(25)22-6-8-23(9-7-22)20(26)24-10-12-27-13-11-24/h2-5,18H,6-15H2,1H3/t18-/m0/s1. The molecule has 0 saturated carbocycles. The molecule has 7 heteroatoms. The fourth-order valence-corrected chi connectivity index (χ4v) is 4.21. The van der Waals surface area contributed by atoms with Crippen molar-refractivity contribution < 1.29 is 14.3 Å². The molecule has 4 rings (SSSR count). The molecule has 2 saturated heterocycles. The molecule has 3 aliphatic rings. The normalized spacial score (nSPS) is 23.9. The average Bonchev–Trinajstić information content (AvgIpc) is 2.73. The SMILES string of the molecule is CN1Cc2ccccc2C[C@H]1C(=O)N1CCN(C(=O)N2CCOCC2)CC1. The van der Waals surface area contributed by atoms with Crippen LogP contribution in [-0.4, -0.2) is 97.1 Å². The Morgan fingerprint density at radius 1 is 0.889 bits per heavy atom. The van der Waals surface area contributed by atoms with Gasteiger partial charge in [-0.3, -0.25) is 9.69 Å². The second-order valence-corrected chi connectivity index (χ2v) is 7.60. The van der Waals surface area contributed by atoms with E-state index in [1.165, 1.54) is 11.1 Å². The highest BCUT2D eigenvalue weighted by Gasteiger charge is 2.34. The van der Waals surface area contributed by atoms with Gasteiger partial charge in [-0.15, -0.1) is 0 Å². The van der Waals surface area contributed by atoms with E-state index < -0.39 is 0 Å². The number of ether oxygens (including phenoxy) is 1. The van der Waals surface area contributed by atoms with Gasteiger partial charge in [-0.1, -0.05) is 24.3 Å². The molecule has 1 aromatic rings. The van der Waals surface area contributed by atoms with Gasteiger partial charge in [0.05, 0.1) is 19.3 Å². The van der Waals surface area contributed by atoms with Crippen LogP contribution in [0, 0.1) is 0 Å². The molecule has 3 amide bonds. The summed E-state index contributed by atoms with van der Waals surface area (Å²) >= 11 is 0. The lowest BCUT2D eigenvalue weighted by Crippen LogP contribution is -2.58. The smallest absolute Gasteiger partial charge is 0.320 e. The highest BCUT2D eigenvalue weighted by Crippen LogP contribution is 2.23. The zero-order valence-corrected chi connectivity index (χ0v) is 16.0. The number of nitrogens with zero attached hydrogens (tertiary/aromatic N) is 4. The Labute approximate surface area is 160 Å². The van der Waals surface area contributed by atoms with Gasteiger partial charge in [-0.2, -0.15) is 0 Å². The van der Waals surface area contributed by atoms with Gasteiger partial charge in [0.25, 0.3) is 0 Å². The summed E-state index contributed by atoms with van der Waals surface area (Å²) in [5, 5.41) is 0. The molecule has 3 heterocycles. The van der Waals surface area contributed by atoms with Gasteiger partial charge >= 0.3 is 6.03 Å². The Bertz CT molecular complexity index is 696. The van der Waals surface area contributed by atoms with Crippen LogP contribution in [0.2, 0.25) is 0 Å². The van der Waals surface area contributed by atoms with E-state index in [-0.39, 0.29) is 18.0 Å². The summed E-state index contributed by atoms with van der Waals surface area (Å²) in [6, 6.07) is 8.33. The largest absolute Gasteiger partial charge is 0.378 e. The van der Waals surface area contributed by atoms with Crippen LogP contribution in [-0.2, 0) is 22.5 Å². The molecule has 146 valence electrons. The molecule has 0 radical (unpaired) electrons. The van der Waals surface area contributed by atoms with Crippen molar-refractivity contribution in [2.45, 2.75) is 19.0 Å². The predicted octanol–water partition coefficient (Wildman–Crippen LogP) is 0.640. The molecule has 7 nitrogen and oxygen atoms in total. The molecule has 2 fully saturated rings. The average molecular weight is 372 g/mol. The van der Waals surface area contributed by atoms with Crippen LogP contribution in [0.15, 0.2) is 24.3 Å². The van der Waals surface area contributed by atoms with E-state index in [4.69, 9.17) is 4.74 Å². The second-order valence-electron chi connectivity index (χ2n) is 7.60. The van der Waals surface area contributed by atoms with Crippen molar-refractivity contribution in [3.05, 3.63) is 35.4 Å². The monoisotopic (exact) mass is 372 g/mol. The van der Waals surface area contributed by atoms with Crippen molar-refractivity contribution in [3.8, 4) is 0 Å². The van der Waals surface area contributed by atoms with Crippen LogP contribution in [0.1, 0.15) is 11.1 Å². The summed E-state index contributed by atoms with van der Waals surface area (Å²) in [7, 11) is 2.02. The summed E-state index contributed by atoms with van der Waals surface area (Å²) in [4.78, 5) is 33.5. The predicted molar refractivity (Wildman–Crippen MR) is 101 cm³/mol. The highest BCUT2D eigenvalue weighted by atomic mass is 16.5. The first-order valence-electron chi connectivity index (χ1n) is 9.81. The molecule has 0 bridgehead atoms. The minimum absolute atomic E-state index is 0.0779. The molecule has 0 unspecified atom stereocenters. The fraction of sp³-hybridized carbons (Fsp3) is 0.600. The van der Waals surface area contributed by atoms with Gasteiger partial charge in [0, 0.05) is 45.8 Å². The number of fused-ring (bicyclic) bond motifs is 1. The third-order valence-corrected chi connectivity index (χ3v) is 5.91. The van der Waals surface area contributed by atoms with Crippen LogP contribution < -0.4 is 0 Å². The summed E-state index contributed by atoms with van der Waals surface area (Å²) in [6.45, 7) is 5.78. The van der Waals surface area contributed by atoms with E-state index in [1.54, 1.807) is 0 Å². The lowest BCUT2D eigenvalue weighted by Gasteiger charge is -2.41. The van der Waals surface area contributed by atoms with Crippen molar-refractivity contribution in [1.82, 2.24) is 19.6 Å². The maximum Gasteiger partial charge on any atom is 0.320 e. The van der Waals surface area contributed by atoms with Gasteiger partial charge in [0.1, 0.15) is 0 Å². The third kappa shape index (κ3) is 3.80. The van der Waals surface area contributed by atoms with Crippen LogP contribution in [0.3, 0.4) is 0 Å². The van der Waals surface area contributed by atoms with Gasteiger partial charge in [0.2, 0.25) is 5.91 Å². The number of hydrogen-bond acceptors (Lipinski definition) is 4. The van der Waals surface area contributed by atoms with Crippen LogP contribution in [0.5, 0.6) is 0 Å². The first kappa shape index (κ1) is 18.3. The lowest BCUT2D eigenvalue weighted by molar-refractivity contribution is -0.138. The number of urea groups is 1. The van der Waals surface area contributed by atoms with Crippen molar-refractivity contribution in [2.75, 3.05) is 59.5 Å². The quantitative estimate of drug-likeness (QED) is 0.726. The molecule has 1 aromatic carbocycles. The van der Waals surface area contributed by atoms with Crippen molar-refractivity contribution in [1.29, 1.82) is 0 Å². The van der Waals surface area contributed by atoms with E-state index in [0.717, 1.165) is 13.0 Å². The maximum absolute atomic E-state index is 13.1. The van der Waals surface area contributed by atoms with Crippen LogP contribution >= 0.6 is 0 Å². The Kier molecular flexibility index (Phi) is 5.31. The summed E-state index contributed by atoms with van der Waals surface area (Å²) in [6.07, 6.45) is 0.762. The molecule has 3 aliphatic heterocycles. The topological polar surface area (TPSA) is 56.3 Å². The Morgan fingerprint density at radius 2 is 1.48 bits per heavy atom. The number of benzene rings is 1. The molecule has 0 N–H and O–H groups in total. The van der Waals surface area contributed by atoms with Crippen molar-refractivity contribution >= 4 is 11.9 Å². The van der Waals surface area contributed by atoms with Crippen LogP contribution in [0.25, 0.3) is 0 Å². The Balaban J connectivity index is 1.34. The molecule has 1 atom stereocenters. The van der Waals surface area contributed by atoms with Gasteiger partial charge < -0.3 is 19.4 Å². The molecule has 27 heavy (non-hydrogen) atoms. The van der Waals surface area contributed by atoms with Crippen molar-refractivity contribution in [3.63, 3.8) is 0 Å². The van der Waals surface area contributed by atoms with E-state index in [9.17, 15) is 9.59 Å². The molecular formula is C20H28N4O3. The van der Waals surface area contributed by atoms with Gasteiger partial charge in [-0.25, -0.2) is 4.79 Å². The lowest BCUT2D eigenvalue weighted by atomic mass is 9.93. The number of piperazine rings is 1. The van der Waals surface area contributed by atoms with Gasteiger partial charge in [-0.05, 0) is 24.6 Å². The number of rotatable bonds is 1. The first-order valence-corrected chi connectivity index (χ1v) is 9.81.